The van der Waals surface area contributed by atoms with E-state index in [1.165, 1.54) is 6.08 Å². The van der Waals surface area contributed by atoms with Crippen molar-refractivity contribution in [1.82, 2.24) is 10.2 Å². The van der Waals surface area contributed by atoms with Gasteiger partial charge in [-0.25, -0.2) is 13.8 Å². The van der Waals surface area contributed by atoms with Gasteiger partial charge in [0.1, 0.15) is 28.8 Å². The first kappa shape index (κ1) is 29.7. The maximum Gasteiger partial charge on any atom is 0.199 e. The zero-order chi connectivity index (χ0) is 29.3. The number of guanidine groups is 1. The van der Waals surface area contributed by atoms with Crippen molar-refractivity contribution in [2.75, 3.05) is 25.5 Å². The number of nitrogens with one attached hydrogen (secondary N) is 1. The van der Waals surface area contributed by atoms with Gasteiger partial charge >= 0.3 is 0 Å². The lowest BCUT2D eigenvalue weighted by Crippen LogP contribution is -2.47. The first-order valence-corrected chi connectivity index (χ1v) is 14.7. The number of nitriles is 1. The Bertz CT molecular complexity index is 1420. The fourth-order valence-electron chi connectivity index (χ4n) is 5.60. The molecule has 4 heterocycles. The summed E-state index contributed by atoms with van der Waals surface area (Å²) in [7, 11) is 0. The Morgan fingerprint density at radius 3 is 2.65 bits per heavy atom. The number of rotatable bonds is 4. The van der Waals surface area contributed by atoms with Crippen LogP contribution in [0.25, 0.3) is 11.4 Å². The smallest absolute Gasteiger partial charge is 0.199 e. The number of nitrogens with two attached hydrogens (primary N) is 2. The molecule has 0 radical (unpaired) electrons. The number of hydrogen-bond acceptors (Lipinski definition) is 8. The van der Waals surface area contributed by atoms with E-state index in [4.69, 9.17) is 21.2 Å². The number of fused-ring (bicyclic) bond motifs is 2. The molecule has 0 amide bonds. The van der Waals surface area contributed by atoms with Gasteiger partial charge in [-0.05, 0) is 50.3 Å². The zero-order valence-corrected chi connectivity index (χ0v) is 24.8. The molecule has 1 aromatic rings. The molecule has 7 nitrogen and oxygen atoms in total. The van der Waals surface area contributed by atoms with Gasteiger partial charge in [-0.1, -0.05) is 32.4 Å². The number of nitrogen functional groups attached to an aromatic ring is 1. The highest BCUT2D eigenvalue weighted by molar-refractivity contribution is 7.17. The molecule has 1 saturated heterocycles. The molecule has 5 N–H and O–H groups in total. The van der Waals surface area contributed by atoms with Crippen LogP contribution in [0.1, 0.15) is 70.4 Å². The quantitative estimate of drug-likeness (QED) is 0.415. The summed E-state index contributed by atoms with van der Waals surface area (Å²) in [6.07, 6.45) is 4.54. The maximum atomic E-state index is 16.9. The van der Waals surface area contributed by atoms with Crippen LogP contribution in [0, 0.1) is 11.3 Å². The normalized spacial score (nSPS) is 24.9. The number of aliphatic imine (C=N–C) groups is 1. The van der Waals surface area contributed by atoms with Crippen molar-refractivity contribution < 1.29 is 13.5 Å². The van der Waals surface area contributed by atoms with Gasteiger partial charge in [-0.15, -0.1) is 11.3 Å². The molecule has 3 atom stereocenters. The molecule has 0 spiro atoms. The minimum absolute atomic E-state index is 0.0138. The van der Waals surface area contributed by atoms with Crippen molar-refractivity contribution in [2.45, 2.75) is 72.5 Å². The highest BCUT2D eigenvalue weighted by Crippen LogP contribution is 2.51. The number of halogens is 2. The molecular formula is C30H38F2N6OS. The molecule has 1 aliphatic carbocycles. The summed E-state index contributed by atoms with van der Waals surface area (Å²) in [4.78, 5) is 7.13. The third kappa shape index (κ3) is 4.80. The molecule has 3 aliphatic heterocycles. The van der Waals surface area contributed by atoms with E-state index in [1.54, 1.807) is 6.92 Å². The van der Waals surface area contributed by atoms with E-state index in [9.17, 15) is 5.26 Å². The number of likely N-dealkylation sites (tertiary alicyclic amines) is 1. The van der Waals surface area contributed by atoms with Crippen molar-refractivity contribution in [3.8, 4) is 6.07 Å². The number of hydrogen-bond donors (Lipinski definition) is 3. The predicted molar refractivity (Wildman–Crippen MR) is 160 cm³/mol. The van der Waals surface area contributed by atoms with Crippen LogP contribution in [-0.2, 0) is 4.74 Å². The summed E-state index contributed by atoms with van der Waals surface area (Å²) in [6, 6.07) is 1.33. The maximum absolute atomic E-state index is 16.9. The molecular weight excluding hydrogens is 530 g/mol. The number of allylic oxidation sites excluding steroid dienone is 3. The predicted octanol–water partition coefficient (Wildman–Crippen LogP) is 5.94. The van der Waals surface area contributed by atoms with E-state index in [-0.39, 0.29) is 34.1 Å². The topological polar surface area (TPSA) is 113 Å². The van der Waals surface area contributed by atoms with Crippen molar-refractivity contribution in [3.63, 3.8) is 0 Å². The summed E-state index contributed by atoms with van der Waals surface area (Å²) in [5, 5.41) is 13.5. The second kappa shape index (κ2) is 12.1. The molecule has 4 aliphatic rings. The average Bonchev–Trinajstić information content (AvgIpc) is 3.68. The van der Waals surface area contributed by atoms with Gasteiger partial charge in [0.15, 0.2) is 5.96 Å². The van der Waals surface area contributed by atoms with Gasteiger partial charge in [0.05, 0.1) is 23.7 Å². The Labute approximate surface area is 239 Å². The minimum atomic E-state index is -0.887. The first-order valence-electron chi connectivity index (χ1n) is 13.8. The van der Waals surface area contributed by atoms with Crippen molar-refractivity contribution in [2.24, 2.45) is 10.7 Å². The third-order valence-electron chi connectivity index (χ3n) is 7.95. The zero-order valence-electron chi connectivity index (χ0n) is 24.0. The van der Waals surface area contributed by atoms with Gasteiger partial charge in [-0.2, -0.15) is 5.26 Å². The highest BCUT2D eigenvalue weighted by atomic mass is 32.1. The van der Waals surface area contributed by atoms with Gasteiger partial charge < -0.3 is 26.4 Å². The van der Waals surface area contributed by atoms with Crippen LogP contribution in [0.5, 0.6) is 0 Å². The molecule has 1 fully saturated rings. The lowest BCUT2D eigenvalue weighted by Gasteiger charge is -2.34. The molecule has 5 rings (SSSR count). The van der Waals surface area contributed by atoms with Gasteiger partial charge in [-0.3, -0.25) is 0 Å². The summed E-state index contributed by atoms with van der Waals surface area (Å²) < 4.78 is 37.8. The minimum Gasteiger partial charge on any atom is -0.389 e. The van der Waals surface area contributed by atoms with E-state index in [0.29, 0.717) is 41.3 Å². The summed E-state index contributed by atoms with van der Waals surface area (Å²) in [5.41, 5.74) is 16.8. The molecule has 0 aromatic carbocycles. The van der Waals surface area contributed by atoms with E-state index >= 15 is 8.78 Å². The van der Waals surface area contributed by atoms with Crippen molar-refractivity contribution in [3.05, 3.63) is 62.0 Å². The molecule has 10 heteroatoms. The Hall–Kier alpha value is -3.26. The summed E-state index contributed by atoms with van der Waals surface area (Å²) >= 11 is 1.00. The van der Waals surface area contributed by atoms with Gasteiger partial charge in [0.25, 0.3) is 0 Å². The standard InChI is InChI=1S/C28H32F2N6OS.C2H6/c1-5-13(3)21(23-15(9-31)27(33)38-26(23)19(29)6-2)22-18-12-37-11-17(18)16-10-34-28(35-25(16)24(22)30)36-8-7-20(32)14(36)4;1-2/h6,10,14,20,25H,5,7-8,11-12,32-33H2,1-4H3,(H,34,35);1-2H3/b19-6+,21-13+;. The Kier molecular flexibility index (Phi) is 8.98. The molecule has 0 bridgehead atoms. The van der Waals surface area contributed by atoms with E-state index < -0.39 is 17.7 Å². The monoisotopic (exact) mass is 568 g/mol. The third-order valence-corrected chi connectivity index (χ3v) is 8.98. The fourth-order valence-corrected chi connectivity index (χ4v) is 6.59. The van der Waals surface area contributed by atoms with Crippen LogP contribution in [0.3, 0.4) is 0 Å². The second-order valence-corrected chi connectivity index (χ2v) is 11.0. The van der Waals surface area contributed by atoms with Crippen molar-refractivity contribution >= 4 is 33.7 Å². The van der Waals surface area contributed by atoms with Crippen LogP contribution < -0.4 is 16.8 Å². The van der Waals surface area contributed by atoms with Gasteiger partial charge in [0.2, 0.25) is 0 Å². The van der Waals surface area contributed by atoms with Crippen LogP contribution >= 0.6 is 11.3 Å². The number of nitrogens with zero attached hydrogens (tertiary/aromatic N) is 3. The lowest BCUT2D eigenvalue weighted by atomic mass is 9.78. The summed E-state index contributed by atoms with van der Waals surface area (Å²) in [5.74, 6) is -0.373. The SMILES string of the molecule is C/C=C(/F)c1sc(N)c(C#N)c1/C(C1=C(F)C2N=C(N3CCC(N)C3C)NC=C2C2=C1COC2)=C(\C)CC.CC. The van der Waals surface area contributed by atoms with Crippen LogP contribution in [-0.4, -0.2) is 48.7 Å². The van der Waals surface area contributed by atoms with Crippen LogP contribution in [0.2, 0.25) is 0 Å². The van der Waals surface area contributed by atoms with Crippen LogP contribution in [0.4, 0.5) is 13.8 Å². The lowest BCUT2D eigenvalue weighted by molar-refractivity contribution is 0.206. The molecule has 3 unspecified atom stereocenters. The molecule has 0 saturated carbocycles. The largest absolute Gasteiger partial charge is 0.389 e. The molecule has 40 heavy (non-hydrogen) atoms. The van der Waals surface area contributed by atoms with E-state index in [2.05, 4.69) is 16.3 Å². The fraction of sp³-hybridized carbons (Fsp3) is 0.467. The first-order chi connectivity index (χ1) is 19.2. The Balaban J connectivity index is 0.00000181. The van der Waals surface area contributed by atoms with Crippen LogP contribution in [0.15, 0.2) is 51.0 Å². The number of thiophene rings is 1. The molecule has 1 aromatic heterocycles. The number of ether oxygens (including phenoxy) is 1. The summed E-state index contributed by atoms with van der Waals surface area (Å²) in [6.45, 7) is 12.7. The van der Waals surface area contributed by atoms with Gasteiger partial charge in [0, 0.05) is 41.5 Å². The number of anilines is 1. The Morgan fingerprint density at radius 1 is 1.35 bits per heavy atom. The van der Waals surface area contributed by atoms with E-state index in [1.807, 2.05) is 40.8 Å². The second-order valence-electron chi connectivity index (χ2n) is 9.96. The van der Waals surface area contributed by atoms with E-state index in [0.717, 1.165) is 41.0 Å². The molecule has 214 valence electrons. The average molecular weight is 569 g/mol. The van der Waals surface area contributed by atoms with Crippen molar-refractivity contribution in [1.29, 1.82) is 5.26 Å². The highest BCUT2D eigenvalue weighted by Gasteiger charge is 2.42. The Morgan fingerprint density at radius 2 is 2.05 bits per heavy atom.